The molecular formula is C79H134NO8P. The molecule has 0 aliphatic heterocycles. The third-order valence-electron chi connectivity index (χ3n) is 15.2. The molecule has 2 unspecified atom stereocenters. The van der Waals surface area contributed by atoms with Gasteiger partial charge in [-0.1, -0.05) is 320 Å². The fraction of sp³-hybridized carbons (Fsp3) is 0.671. The third kappa shape index (κ3) is 72.8. The molecule has 89 heavy (non-hydrogen) atoms. The molecule has 0 amide bonds. The van der Waals surface area contributed by atoms with Gasteiger partial charge >= 0.3 is 19.8 Å². The Kier molecular flexibility index (Phi) is 69.6. The predicted molar refractivity (Wildman–Crippen MR) is 385 cm³/mol. The van der Waals surface area contributed by atoms with E-state index in [2.05, 4.69) is 160 Å². The largest absolute Gasteiger partial charge is 0.472 e. The molecule has 0 aliphatic rings. The first-order valence-corrected chi connectivity index (χ1v) is 37.8. The summed E-state index contributed by atoms with van der Waals surface area (Å²) in [5.74, 6) is -0.856. The highest BCUT2D eigenvalue weighted by molar-refractivity contribution is 7.47. The molecular weight excluding hydrogens is 1120 g/mol. The number of hydrogen-bond acceptors (Lipinski definition) is 8. The molecule has 2 atom stereocenters. The minimum Gasteiger partial charge on any atom is -0.462 e. The molecule has 0 aromatic heterocycles. The van der Waals surface area contributed by atoms with Crippen molar-refractivity contribution >= 4 is 19.8 Å². The van der Waals surface area contributed by atoms with E-state index in [0.717, 1.165) is 116 Å². The molecule has 9 nitrogen and oxygen atoms in total. The van der Waals surface area contributed by atoms with Gasteiger partial charge in [-0.3, -0.25) is 18.6 Å². The van der Waals surface area contributed by atoms with Gasteiger partial charge in [0.05, 0.1) is 13.2 Å². The van der Waals surface area contributed by atoms with E-state index in [4.69, 9.17) is 24.3 Å². The SMILES string of the molecule is CC/C=C\C/C=C\C/C=C\C/C=C\C/C=C\C/C=C\C/C=C\C/C=C\C/C=C\C/C=C\CCCCCCC(=O)OC(COC(=O)CCCCCCCCCCCCCCCCCCCCCCC/C=C\C/C=C\CCCCCCC)COP(=O)(O)OCCN. The van der Waals surface area contributed by atoms with E-state index < -0.39 is 26.5 Å². The van der Waals surface area contributed by atoms with Gasteiger partial charge in [-0.2, -0.15) is 0 Å². The van der Waals surface area contributed by atoms with Crippen LogP contribution >= 0.6 is 7.82 Å². The lowest BCUT2D eigenvalue weighted by Gasteiger charge is -2.19. The summed E-state index contributed by atoms with van der Waals surface area (Å²) in [4.78, 5) is 35.4. The molecule has 0 saturated heterocycles. The molecule has 0 spiro atoms. The summed E-state index contributed by atoms with van der Waals surface area (Å²) in [5, 5.41) is 0. The lowest BCUT2D eigenvalue weighted by Crippen LogP contribution is -2.29. The number of nitrogens with two attached hydrogens (primary N) is 1. The molecule has 0 aromatic carbocycles. The summed E-state index contributed by atoms with van der Waals surface area (Å²) >= 11 is 0. The van der Waals surface area contributed by atoms with E-state index in [1.165, 1.54) is 161 Å². The van der Waals surface area contributed by atoms with Crippen LogP contribution < -0.4 is 5.73 Å². The van der Waals surface area contributed by atoms with Crippen molar-refractivity contribution in [3.8, 4) is 0 Å². The fourth-order valence-electron chi connectivity index (χ4n) is 9.87. The highest BCUT2D eigenvalue weighted by Gasteiger charge is 2.26. The molecule has 0 rings (SSSR count). The van der Waals surface area contributed by atoms with Gasteiger partial charge < -0.3 is 20.1 Å². The van der Waals surface area contributed by atoms with Crippen LogP contribution in [0.5, 0.6) is 0 Å². The number of esters is 2. The topological polar surface area (TPSA) is 134 Å². The standard InChI is InChI=1S/C79H134NO8P/c1-3-5-7-9-11-13-15-17-19-21-23-25-27-29-31-33-35-37-38-40-42-44-46-48-50-52-54-56-58-60-62-64-66-68-70-72-79(82)88-77(76-87-89(83,84)86-74-73-80)75-85-78(81)71-69-67-65-63-61-59-57-55-53-51-49-47-45-43-41-39-36-34-32-30-28-26-24-22-20-18-16-14-12-10-8-6-4-2/h5,7,11,13,16-19,22-25,29,31,35,37,40,42,46,48,52,54,58,60,77H,3-4,6,8-10,12,14-15,20-21,26-28,30,32-34,36,38-39,41,43-45,47,49-51,53,55-57,59,61-76,80H2,1-2H3,(H,83,84)/b7-5-,13-11-,18-16-,19-17-,24-22-,25-23-,31-29-,37-35-,42-40-,48-46-,54-52-,60-58-. The first-order chi connectivity index (χ1) is 43.8. The van der Waals surface area contributed by atoms with Gasteiger partial charge in [-0.25, -0.2) is 4.57 Å². The summed E-state index contributed by atoms with van der Waals surface area (Å²) in [6.07, 6.45) is 105. The van der Waals surface area contributed by atoms with Crippen molar-refractivity contribution in [3.05, 3.63) is 146 Å². The van der Waals surface area contributed by atoms with Crippen molar-refractivity contribution < 1.29 is 37.6 Å². The third-order valence-corrected chi connectivity index (χ3v) is 16.2. The van der Waals surface area contributed by atoms with Gasteiger partial charge in [0.15, 0.2) is 6.10 Å². The Morgan fingerprint density at radius 1 is 0.348 bits per heavy atom. The average molecular weight is 1260 g/mol. The second-order valence-electron chi connectivity index (χ2n) is 23.7. The molecule has 0 aromatic rings. The molecule has 10 heteroatoms. The molecule has 0 bridgehead atoms. The monoisotopic (exact) mass is 1260 g/mol. The molecule has 508 valence electrons. The van der Waals surface area contributed by atoms with Gasteiger partial charge in [0.2, 0.25) is 0 Å². The minimum atomic E-state index is -4.41. The minimum absolute atomic E-state index is 0.0427. The summed E-state index contributed by atoms with van der Waals surface area (Å²) < 4.78 is 33.2. The number of carbonyl (C=O) groups excluding carboxylic acids is 2. The predicted octanol–water partition coefficient (Wildman–Crippen LogP) is 24.2. The summed E-state index contributed by atoms with van der Waals surface area (Å²) in [7, 11) is -4.41. The van der Waals surface area contributed by atoms with Crippen LogP contribution in [0.2, 0.25) is 0 Å². The van der Waals surface area contributed by atoms with Crippen LogP contribution in [0.25, 0.3) is 0 Å². The summed E-state index contributed by atoms with van der Waals surface area (Å²) in [5.41, 5.74) is 5.40. The number of carbonyl (C=O) groups is 2. The van der Waals surface area contributed by atoms with Gasteiger partial charge in [-0.05, 0) is 122 Å². The van der Waals surface area contributed by atoms with Crippen molar-refractivity contribution in [1.29, 1.82) is 0 Å². The lowest BCUT2D eigenvalue weighted by molar-refractivity contribution is -0.161. The highest BCUT2D eigenvalue weighted by atomic mass is 31.2. The maximum atomic E-state index is 12.8. The van der Waals surface area contributed by atoms with Crippen LogP contribution in [0.1, 0.15) is 309 Å². The highest BCUT2D eigenvalue weighted by Crippen LogP contribution is 2.43. The van der Waals surface area contributed by atoms with E-state index in [9.17, 15) is 19.0 Å². The Morgan fingerprint density at radius 3 is 0.921 bits per heavy atom. The van der Waals surface area contributed by atoms with E-state index in [1.807, 2.05) is 0 Å². The number of phosphoric acid groups is 1. The Morgan fingerprint density at radius 2 is 0.618 bits per heavy atom. The second kappa shape index (κ2) is 72.9. The summed E-state index contributed by atoms with van der Waals surface area (Å²) in [6, 6.07) is 0. The molecule has 3 N–H and O–H groups in total. The van der Waals surface area contributed by atoms with Crippen molar-refractivity contribution in [1.82, 2.24) is 0 Å². The average Bonchev–Trinajstić information content (AvgIpc) is 3.66. The zero-order valence-electron chi connectivity index (χ0n) is 57.1. The number of hydrogen-bond donors (Lipinski definition) is 2. The Balaban J connectivity index is 3.96. The number of ether oxygens (including phenoxy) is 2. The van der Waals surface area contributed by atoms with E-state index in [0.29, 0.717) is 6.42 Å². The van der Waals surface area contributed by atoms with Gasteiger partial charge in [-0.15, -0.1) is 0 Å². The van der Waals surface area contributed by atoms with Crippen molar-refractivity contribution in [2.24, 2.45) is 5.73 Å². The Labute approximate surface area is 547 Å². The van der Waals surface area contributed by atoms with Gasteiger partial charge in [0.1, 0.15) is 6.61 Å². The maximum Gasteiger partial charge on any atom is 0.472 e. The van der Waals surface area contributed by atoms with Crippen LogP contribution in [0, 0.1) is 0 Å². The maximum absolute atomic E-state index is 12.8. The van der Waals surface area contributed by atoms with Crippen molar-refractivity contribution in [2.75, 3.05) is 26.4 Å². The Hall–Kier alpha value is -4.11. The fourth-order valence-corrected chi connectivity index (χ4v) is 10.6. The molecule has 0 fully saturated rings. The molecule has 0 heterocycles. The summed E-state index contributed by atoms with van der Waals surface area (Å²) in [6.45, 7) is 3.61. The molecule has 0 radical (unpaired) electrons. The number of allylic oxidation sites excluding steroid dienone is 24. The lowest BCUT2D eigenvalue weighted by atomic mass is 10.0. The number of phosphoric ester groups is 1. The van der Waals surface area contributed by atoms with E-state index in [-0.39, 0.29) is 38.6 Å². The van der Waals surface area contributed by atoms with Crippen molar-refractivity contribution in [2.45, 2.75) is 315 Å². The quantitative estimate of drug-likeness (QED) is 0.0264. The van der Waals surface area contributed by atoms with Crippen LogP contribution in [-0.4, -0.2) is 49.3 Å². The molecule has 0 saturated carbocycles. The molecule has 0 aliphatic carbocycles. The first-order valence-electron chi connectivity index (χ1n) is 36.3. The van der Waals surface area contributed by atoms with E-state index in [1.54, 1.807) is 0 Å². The van der Waals surface area contributed by atoms with E-state index >= 15 is 0 Å². The zero-order chi connectivity index (χ0) is 64.4. The van der Waals surface area contributed by atoms with Crippen LogP contribution in [0.4, 0.5) is 0 Å². The second-order valence-corrected chi connectivity index (χ2v) is 25.2. The first kappa shape index (κ1) is 84.9. The van der Waals surface area contributed by atoms with Gasteiger partial charge in [0, 0.05) is 19.4 Å². The van der Waals surface area contributed by atoms with Crippen LogP contribution in [0.15, 0.2) is 146 Å². The zero-order valence-corrected chi connectivity index (χ0v) is 58.0. The van der Waals surface area contributed by atoms with Crippen LogP contribution in [-0.2, 0) is 32.7 Å². The Bertz CT molecular complexity index is 1970. The number of rotatable bonds is 67. The normalized spacial score (nSPS) is 13.8. The smallest absolute Gasteiger partial charge is 0.462 e. The van der Waals surface area contributed by atoms with Crippen LogP contribution in [0.3, 0.4) is 0 Å². The number of unbranched alkanes of at least 4 members (excludes halogenated alkanes) is 30. The van der Waals surface area contributed by atoms with Gasteiger partial charge in [0.25, 0.3) is 0 Å². The van der Waals surface area contributed by atoms with Crippen molar-refractivity contribution in [3.63, 3.8) is 0 Å².